The van der Waals surface area contributed by atoms with Gasteiger partial charge in [0.1, 0.15) is 11.5 Å². The molecule has 5 nitrogen and oxygen atoms in total. The Morgan fingerprint density at radius 3 is 1.39 bits per heavy atom. The van der Waals surface area contributed by atoms with Crippen molar-refractivity contribution in [3.63, 3.8) is 0 Å². The lowest BCUT2D eigenvalue weighted by molar-refractivity contribution is -0.275. The highest BCUT2D eigenvalue weighted by molar-refractivity contribution is 6.32. The van der Waals surface area contributed by atoms with Gasteiger partial charge in [0.05, 0.1) is 10.0 Å². The van der Waals surface area contributed by atoms with Crippen molar-refractivity contribution in [3.8, 4) is 23.0 Å². The van der Waals surface area contributed by atoms with Gasteiger partial charge in [0.15, 0.2) is 11.5 Å². The third kappa shape index (κ3) is 6.89. The van der Waals surface area contributed by atoms with E-state index in [9.17, 15) is 31.1 Å². The second kappa shape index (κ2) is 8.23. The Morgan fingerprint density at radius 1 is 0.714 bits per heavy atom. The minimum atomic E-state index is -5.00. The Hall–Kier alpha value is -2.53. The third-order valence-electron chi connectivity index (χ3n) is 2.66. The van der Waals surface area contributed by atoms with Crippen LogP contribution in [0.2, 0.25) is 10.0 Å². The lowest BCUT2D eigenvalue weighted by atomic mass is 10.3. The molecule has 0 radical (unpaired) electrons. The number of ether oxygens (including phenoxy) is 4. The number of benzene rings is 2. The zero-order valence-electron chi connectivity index (χ0n) is 13.0. The van der Waals surface area contributed by atoms with Crippen molar-refractivity contribution in [2.24, 2.45) is 0 Å². The zero-order valence-corrected chi connectivity index (χ0v) is 14.5. The van der Waals surface area contributed by atoms with Crippen LogP contribution in [0.5, 0.6) is 23.0 Å². The number of halogens is 8. The van der Waals surface area contributed by atoms with E-state index >= 15 is 0 Å². The average Bonchev–Trinajstić information content (AvgIpc) is 2.51. The number of carbonyl (C=O) groups excluding carboxylic acids is 1. The quantitative estimate of drug-likeness (QED) is 0.307. The Labute approximate surface area is 162 Å². The maximum Gasteiger partial charge on any atom is 0.573 e. The van der Waals surface area contributed by atoms with E-state index in [0.717, 1.165) is 24.3 Å². The summed E-state index contributed by atoms with van der Waals surface area (Å²) >= 11 is 11.4. The minimum absolute atomic E-state index is 0.272. The van der Waals surface area contributed by atoms with Crippen LogP contribution in [0.25, 0.3) is 0 Å². The molecule has 2 aromatic rings. The summed E-state index contributed by atoms with van der Waals surface area (Å²) in [4.78, 5) is 11.8. The number of hydrogen-bond acceptors (Lipinski definition) is 5. The van der Waals surface area contributed by atoms with Crippen LogP contribution in [0.3, 0.4) is 0 Å². The number of rotatable bonds is 4. The molecule has 13 heteroatoms. The molecule has 28 heavy (non-hydrogen) atoms. The Morgan fingerprint density at radius 2 is 1.07 bits per heavy atom. The first kappa shape index (κ1) is 21.8. The van der Waals surface area contributed by atoms with Crippen LogP contribution in [0, 0.1) is 0 Å². The maximum absolute atomic E-state index is 12.2. The molecule has 0 N–H and O–H groups in total. The number of hydrogen-bond donors (Lipinski definition) is 0. The Balaban J connectivity index is 2.14. The van der Waals surface area contributed by atoms with Gasteiger partial charge in [-0.2, -0.15) is 0 Å². The molecule has 0 bridgehead atoms. The fourth-order valence-corrected chi connectivity index (χ4v) is 2.03. The summed E-state index contributed by atoms with van der Waals surface area (Å²) in [5, 5.41) is -0.543. The van der Waals surface area contributed by atoms with E-state index in [2.05, 4.69) is 18.9 Å². The van der Waals surface area contributed by atoms with E-state index < -0.39 is 41.9 Å². The van der Waals surface area contributed by atoms with Crippen molar-refractivity contribution in [1.29, 1.82) is 0 Å². The largest absolute Gasteiger partial charge is 0.573 e. The van der Waals surface area contributed by atoms with Gasteiger partial charge >= 0.3 is 18.9 Å². The van der Waals surface area contributed by atoms with Gasteiger partial charge < -0.3 is 18.9 Å². The van der Waals surface area contributed by atoms with Gasteiger partial charge in [-0.1, -0.05) is 23.2 Å². The first-order valence-electron chi connectivity index (χ1n) is 6.83. The molecule has 0 aliphatic carbocycles. The van der Waals surface area contributed by atoms with Crippen molar-refractivity contribution in [1.82, 2.24) is 0 Å². The standard InChI is InChI=1S/C15H6Cl2F6O5/c16-9-3-1-7(27-14(18,19)20)5-11(9)25-13(24)26-12-6-8(2-4-10(12)17)28-15(21,22)23/h1-6H. The average molecular weight is 451 g/mol. The van der Waals surface area contributed by atoms with Crippen molar-refractivity contribution < 1.29 is 50.1 Å². The summed E-state index contributed by atoms with van der Waals surface area (Å²) in [5.41, 5.74) is 0. The summed E-state index contributed by atoms with van der Waals surface area (Å²) in [7, 11) is 0. The number of carbonyl (C=O) groups is 1. The minimum Gasteiger partial charge on any atom is -0.406 e. The van der Waals surface area contributed by atoms with Gasteiger partial charge in [-0.25, -0.2) is 4.79 Å². The predicted molar refractivity (Wildman–Crippen MR) is 82.9 cm³/mol. The fourth-order valence-electron chi connectivity index (χ4n) is 1.72. The van der Waals surface area contributed by atoms with Crippen molar-refractivity contribution in [2.45, 2.75) is 12.7 Å². The Kier molecular flexibility index (Phi) is 6.40. The molecule has 0 aromatic heterocycles. The second-order valence-electron chi connectivity index (χ2n) is 4.73. The van der Waals surface area contributed by atoms with Gasteiger partial charge in [0, 0.05) is 12.1 Å². The highest BCUT2D eigenvalue weighted by atomic mass is 35.5. The molecule has 0 spiro atoms. The summed E-state index contributed by atoms with van der Waals surface area (Å²) < 4.78 is 89.9. The van der Waals surface area contributed by atoms with Gasteiger partial charge in [-0.15, -0.1) is 26.3 Å². The van der Waals surface area contributed by atoms with Crippen molar-refractivity contribution >= 4 is 29.4 Å². The molecule has 0 saturated carbocycles. The first-order valence-corrected chi connectivity index (χ1v) is 7.58. The molecule has 0 aliphatic heterocycles. The molecule has 0 unspecified atom stereocenters. The highest BCUT2D eigenvalue weighted by Crippen LogP contribution is 2.34. The predicted octanol–water partition coefficient (Wildman–Crippen LogP) is 6.37. The van der Waals surface area contributed by atoms with Gasteiger partial charge in [-0.05, 0) is 24.3 Å². The van der Waals surface area contributed by atoms with Crippen LogP contribution >= 0.6 is 23.2 Å². The highest BCUT2D eigenvalue weighted by Gasteiger charge is 2.32. The molecular formula is C15H6Cl2F6O5. The summed E-state index contributed by atoms with van der Waals surface area (Å²) in [6.45, 7) is 0. The Bertz CT molecular complexity index is 799. The monoisotopic (exact) mass is 450 g/mol. The molecule has 0 fully saturated rings. The lowest BCUT2D eigenvalue weighted by Crippen LogP contribution is -2.18. The molecule has 2 rings (SSSR count). The zero-order chi connectivity index (χ0) is 21.1. The van der Waals surface area contributed by atoms with E-state index in [1.807, 2.05) is 0 Å². The second-order valence-corrected chi connectivity index (χ2v) is 5.55. The smallest absolute Gasteiger partial charge is 0.406 e. The van der Waals surface area contributed by atoms with Crippen molar-refractivity contribution in [2.75, 3.05) is 0 Å². The maximum atomic E-state index is 12.2. The van der Waals surface area contributed by atoms with Crippen LogP contribution in [-0.4, -0.2) is 18.9 Å². The molecule has 0 amide bonds. The van der Waals surface area contributed by atoms with Crippen LogP contribution in [0.1, 0.15) is 0 Å². The fraction of sp³-hybridized carbons (Fsp3) is 0.133. The van der Waals surface area contributed by atoms with E-state index in [-0.39, 0.29) is 10.0 Å². The first-order chi connectivity index (χ1) is 12.8. The number of alkyl halides is 6. The molecule has 0 aliphatic rings. The summed E-state index contributed by atoms with van der Waals surface area (Å²) in [6, 6.07) is 4.95. The molecule has 152 valence electrons. The summed E-state index contributed by atoms with van der Waals surface area (Å²) in [5.74, 6) is -2.60. The topological polar surface area (TPSA) is 54.0 Å². The molecule has 2 aromatic carbocycles. The molecule has 0 atom stereocenters. The SMILES string of the molecule is O=C(Oc1cc(OC(F)(F)F)ccc1Cl)Oc1cc(OC(F)(F)F)ccc1Cl. The molecular weight excluding hydrogens is 445 g/mol. The van der Waals surface area contributed by atoms with Gasteiger partial charge in [-0.3, -0.25) is 0 Å². The van der Waals surface area contributed by atoms with Crippen LogP contribution in [0.15, 0.2) is 36.4 Å². The van der Waals surface area contributed by atoms with E-state index in [1.165, 1.54) is 0 Å². The third-order valence-corrected chi connectivity index (χ3v) is 3.28. The molecule has 0 heterocycles. The van der Waals surface area contributed by atoms with E-state index in [4.69, 9.17) is 23.2 Å². The van der Waals surface area contributed by atoms with Crippen LogP contribution < -0.4 is 18.9 Å². The van der Waals surface area contributed by atoms with Gasteiger partial charge in [0.2, 0.25) is 0 Å². The van der Waals surface area contributed by atoms with E-state index in [1.54, 1.807) is 0 Å². The van der Waals surface area contributed by atoms with Crippen LogP contribution in [-0.2, 0) is 0 Å². The van der Waals surface area contributed by atoms with Gasteiger partial charge in [0.25, 0.3) is 0 Å². The van der Waals surface area contributed by atoms with Crippen molar-refractivity contribution in [3.05, 3.63) is 46.4 Å². The lowest BCUT2D eigenvalue weighted by Gasteiger charge is -2.13. The summed E-state index contributed by atoms with van der Waals surface area (Å²) in [6.07, 6.45) is -11.5. The molecule has 0 saturated heterocycles. The van der Waals surface area contributed by atoms with Crippen LogP contribution in [0.4, 0.5) is 31.1 Å². The van der Waals surface area contributed by atoms with E-state index in [0.29, 0.717) is 12.1 Å². The normalized spacial score (nSPS) is 11.7.